The highest BCUT2D eigenvalue weighted by molar-refractivity contribution is 6.11. The average molecular weight is 236 g/mol. The maximum atomic E-state index is 11.1. The first kappa shape index (κ1) is 12.3. The number of piperazine rings is 1. The first-order chi connectivity index (χ1) is 8.22. The fourth-order valence-electron chi connectivity index (χ4n) is 2.41. The minimum Gasteiger partial charge on any atom is -0.366 e. The Bertz CT molecular complexity index is 344. The van der Waals surface area contributed by atoms with Gasteiger partial charge in [0, 0.05) is 38.3 Å². The molecule has 2 aliphatic rings. The molecule has 0 bridgehead atoms. The van der Waals surface area contributed by atoms with Crippen LogP contribution in [-0.2, 0) is 4.79 Å². The van der Waals surface area contributed by atoms with Gasteiger partial charge in [-0.2, -0.15) is 0 Å². The van der Waals surface area contributed by atoms with E-state index in [1.54, 1.807) is 6.21 Å². The summed E-state index contributed by atoms with van der Waals surface area (Å²) in [6, 6.07) is 0. The number of nitrogens with zero attached hydrogens (tertiary/aromatic N) is 2. The van der Waals surface area contributed by atoms with Gasteiger partial charge in [-0.05, 0) is 6.42 Å². The number of hydrogen-bond donors (Lipinski definition) is 2. The summed E-state index contributed by atoms with van der Waals surface area (Å²) in [4.78, 5) is 18.0. The highest BCUT2D eigenvalue weighted by Gasteiger charge is 2.28. The molecule has 0 spiro atoms. The van der Waals surface area contributed by atoms with Gasteiger partial charge < -0.3 is 11.1 Å². The highest BCUT2D eigenvalue weighted by atomic mass is 16.1. The van der Waals surface area contributed by atoms with Crippen molar-refractivity contribution in [3.63, 3.8) is 0 Å². The van der Waals surface area contributed by atoms with E-state index in [1.807, 2.05) is 6.08 Å². The number of carbonyl (C=O) groups is 1. The van der Waals surface area contributed by atoms with Crippen molar-refractivity contribution < 1.29 is 4.79 Å². The fourth-order valence-corrected chi connectivity index (χ4v) is 2.41. The summed E-state index contributed by atoms with van der Waals surface area (Å²) >= 11 is 0. The number of hydrogen-bond acceptors (Lipinski definition) is 4. The van der Waals surface area contributed by atoms with Crippen LogP contribution >= 0.6 is 0 Å². The van der Waals surface area contributed by atoms with Crippen LogP contribution in [0.5, 0.6) is 0 Å². The van der Waals surface area contributed by atoms with E-state index in [4.69, 9.17) is 5.73 Å². The predicted molar refractivity (Wildman–Crippen MR) is 67.8 cm³/mol. The zero-order valence-corrected chi connectivity index (χ0v) is 10.2. The number of carbonyl (C=O) groups excluding carboxylic acids is 1. The Kier molecular flexibility index (Phi) is 3.91. The van der Waals surface area contributed by atoms with Gasteiger partial charge in [-0.3, -0.25) is 14.7 Å². The number of nitrogens with two attached hydrogens (primary N) is 1. The average Bonchev–Trinajstić information content (AvgIpc) is 2.39. The van der Waals surface area contributed by atoms with Crippen LogP contribution < -0.4 is 11.1 Å². The Morgan fingerprint density at radius 3 is 2.88 bits per heavy atom. The van der Waals surface area contributed by atoms with Gasteiger partial charge in [0.15, 0.2) is 0 Å². The van der Waals surface area contributed by atoms with Crippen LogP contribution in [0.1, 0.15) is 13.3 Å². The number of amides is 1. The van der Waals surface area contributed by atoms with E-state index < -0.39 is 0 Å². The first-order valence-electron chi connectivity index (χ1n) is 6.22. The first-order valence-corrected chi connectivity index (χ1v) is 6.22. The second-order valence-electron chi connectivity index (χ2n) is 4.54. The van der Waals surface area contributed by atoms with Crippen molar-refractivity contribution in [1.29, 1.82) is 0 Å². The monoisotopic (exact) mass is 236 g/mol. The molecule has 1 fully saturated rings. The molecule has 2 atom stereocenters. The summed E-state index contributed by atoms with van der Waals surface area (Å²) in [6.45, 7) is 6.16. The largest absolute Gasteiger partial charge is 0.366 e. The van der Waals surface area contributed by atoms with Crippen LogP contribution in [0, 0.1) is 5.92 Å². The molecule has 0 aromatic rings. The van der Waals surface area contributed by atoms with Gasteiger partial charge in [-0.15, -0.1) is 0 Å². The Hall–Kier alpha value is -1.20. The molecule has 2 heterocycles. The van der Waals surface area contributed by atoms with Crippen LogP contribution in [-0.4, -0.2) is 49.4 Å². The lowest BCUT2D eigenvalue weighted by Gasteiger charge is -2.37. The Morgan fingerprint density at radius 2 is 2.29 bits per heavy atom. The number of primary amides is 1. The van der Waals surface area contributed by atoms with E-state index in [-0.39, 0.29) is 12.1 Å². The molecular weight excluding hydrogens is 216 g/mol. The van der Waals surface area contributed by atoms with Crippen LogP contribution in [0.2, 0.25) is 0 Å². The van der Waals surface area contributed by atoms with E-state index in [9.17, 15) is 4.79 Å². The lowest BCUT2D eigenvalue weighted by molar-refractivity contribution is -0.114. The minimum atomic E-state index is -0.383. The summed E-state index contributed by atoms with van der Waals surface area (Å²) < 4.78 is 0. The fraction of sp³-hybridized carbons (Fsp3) is 0.667. The zero-order chi connectivity index (χ0) is 12.3. The molecule has 2 aliphatic heterocycles. The number of aliphatic imine (C=N–C) groups is 1. The van der Waals surface area contributed by atoms with Crippen molar-refractivity contribution in [3.8, 4) is 0 Å². The van der Waals surface area contributed by atoms with Crippen molar-refractivity contribution >= 4 is 12.1 Å². The Balaban J connectivity index is 2.09. The van der Waals surface area contributed by atoms with Gasteiger partial charge in [-0.25, -0.2) is 0 Å². The topological polar surface area (TPSA) is 70.7 Å². The van der Waals surface area contributed by atoms with Gasteiger partial charge in [0.25, 0.3) is 0 Å². The predicted octanol–water partition coefficient (Wildman–Crippen LogP) is -0.260. The van der Waals surface area contributed by atoms with Crippen molar-refractivity contribution in [2.24, 2.45) is 16.6 Å². The molecule has 5 heteroatoms. The lowest BCUT2D eigenvalue weighted by Crippen LogP contribution is -2.50. The summed E-state index contributed by atoms with van der Waals surface area (Å²) in [5, 5.41) is 3.33. The van der Waals surface area contributed by atoms with Gasteiger partial charge >= 0.3 is 0 Å². The molecule has 1 saturated heterocycles. The molecule has 3 N–H and O–H groups in total. The summed E-state index contributed by atoms with van der Waals surface area (Å²) in [5.74, 6) is -0.0911. The normalized spacial score (nSPS) is 30.1. The number of rotatable bonds is 3. The van der Waals surface area contributed by atoms with Crippen molar-refractivity contribution in [2.45, 2.75) is 19.5 Å². The van der Waals surface area contributed by atoms with Crippen molar-refractivity contribution in [2.75, 3.05) is 26.2 Å². The molecule has 0 saturated carbocycles. The minimum absolute atomic E-state index is 0.171. The number of nitrogens with one attached hydrogen (secondary N) is 1. The Labute approximate surface area is 102 Å². The van der Waals surface area contributed by atoms with E-state index in [0.29, 0.717) is 11.5 Å². The number of dihydropyridines is 1. The van der Waals surface area contributed by atoms with E-state index in [0.717, 1.165) is 32.6 Å². The molecule has 5 nitrogen and oxygen atoms in total. The van der Waals surface area contributed by atoms with Crippen LogP contribution in [0.4, 0.5) is 0 Å². The summed E-state index contributed by atoms with van der Waals surface area (Å²) in [7, 11) is 0. The van der Waals surface area contributed by atoms with Crippen molar-refractivity contribution in [3.05, 3.63) is 11.6 Å². The zero-order valence-electron chi connectivity index (χ0n) is 10.2. The third-order valence-electron chi connectivity index (χ3n) is 3.42. The summed E-state index contributed by atoms with van der Waals surface area (Å²) in [6.07, 6.45) is 4.75. The van der Waals surface area contributed by atoms with E-state index in [2.05, 4.69) is 22.1 Å². The molecule has 2 rings (SSSR count). The van der Waals surface area contributed by atoms with Gasteiger partial charge in [-0.1, -0.05) is 13.0 Å². The summed E-state index contributed by atoms with van der Waals surface area (Å²) in [5.41, 5.74) is 5.83. The van der Waals surface area contributed by atoms with Gasteiger partial charge in [0.2, 0.25) is 5.91 Å². The standard InChI is InChI=1S/C12H20N4O/c1-2-9-7-10(11(13)17)8-15-12(9)16-5-3-14-4-6-16/h7-9,12,14H,2-6H2,1H3,(H2,13,17). The van der Waals surface area contributed by atoms with Gasteiger partial charge in [0.1, 0.15) is 6.17 Å². The van der Waals surface area contributed by atoms with E-state index in [1.165, 1.54) is 0 Å². The van der Waals surface area contributed by atoms with Crippen molar-refractivity contribution in [1.82, 2.24) is 10.2 Å². The second-order valence-corrected chi connectivity index (χ2v) is 4.54. The van der Waals surface area contributed by atoms with Crippen LogP contribution in [0.3, 0.4) is 0 Å². The third-order valence-corrected chi connectivity index (χ3v) is 3.42. The molecule has 0 radical (unpaired) electrons. The molecule has 2 unspecified atom stereocenters. The molecule has 0 aromatic carbocycles. The molecule has 17 heavy (non-hydrogen) atoms. The second kappa shape index (κ2) is 5.42. The quantitative estimate of drug-likeness (QED) is 0.709. The Morgan fingerprint density at radius 1 is 1.59 bits per heavy atom. The SMILES string of the molecule is CCC1C=C(C(N)=O)C=NC1N1CCNCC1. The smallest absolute Gasteiger partial charge is 0.249 e. The maximum absolute atomic E-state index is 11.1. The van der Waals surface area contributed by atoms with Crippen LogP contribution in [0.15, 0.2) is 16.6 Å². The molecule has 0 aromatic heterocycles. The molecular formula is C12H20N4O. The van der Waals surface area contributed by atoms with E-state index >= 15 is 0 Å². The third kappa shape index (κ3) is 2.73. The molecule has 1 amide bonds. The molecule has 94 valence electrons. The highest BCUT2D eigenvalue weighted by Crippen LogP contribution is 2.23. The molecule has 0 aliphatic carbocycles. The lowest BCUT2D eigenvalue weighted by atomic mass is 9.95. The van der Waals surface area contributed by atoms with Crippen LogP contribution in [0.25, 0.3) is 0 Å². The maximum Gasteiger partial charge on any atom is 0.249 e. The van der Waals surface area contributed by atoms with Gasteiger partial charge in [0.05, 0.1) is 5.57 Å².